The minimum Gasteiger partial charge on any atom is -0.319 e. The van der Waals surface area contributed by atoms with Gasteiger partial charge in [-0.25, -0.2) is 0 Å². The van der Waals surface area contributed by atoms with Gasteiger partial charge in [-0.15, -0.1) is 0 Å². The van der Waals surface area contributed by atoms with Gasteiger partial charge in [0.15, 0.2) is 13.4 Å². The van der Waals surface area contributed by atoms with Crippen LogP contribution in [0.25, 0.3) is 21.7 Å². The molecule has 3 heteroatoms. The summed E-state index contributed by atoms with van der Waals surface area (Å²) in [7, 11) is 0.831. The monoisotopic (exact) mass is 293 g/mol. The maximum atomic E-state index is 2.55. The van der Waals surface area contributed by atoms with Gasteiger partial charge in [-0.1, -0.05) is 37.8 Å². The fraction of sp³-hybridized carbons (Fsp3) is 0.278. The third-order valence-electron chi connectivity index (χ3n) is 4.54. The molecule has 21 heavy (non-hydrogen) atoms. The molecule has 1 aliphatic rings. The molecule has 0 N–H and O–H groups in total. The highest BCUT2D eigenvalue weighted by molar-refractivity contribution is 6.87. The van der Waals surface area contributed by atoms with Gasteiger partial charge in [0.2, 0.25) is 12.2 Å². The first-order valence-electron chi connectivity index (χ1n) is 7.57. The van der Waals surface area contributed by atoms with Gasteiger partial charge < -0.3 is 4.90 Å². The molecule has 0 fully saturated rings. The SMILES string of the molecule is CN1C[n+]2c([Si](C)(C)C)ccc3ccc4cccc1c4c32. The van der Waals surface area contributed by atoms with E-state index in [1.807, 2.05) is 0 Å². The number of hydrogen-bond acceptors (Lipinski definition) is 1. The van der Waals surface area contributed by atoms with Crippen molar-refractivity contribution in [3.63, 3.8) is 0 Å². The van der Waals surface area contributed by atoms with Gasteiger partial charge in [-0.3, -0.25) is 0 Å². The van der Waals surface area contributed by atoms with Gasteiger partial charge in [0.05, 0.1) is 11.1 Å². The lowest BCUT2D eigenvalue weighted by Gasteiger charge is -2.27. The van der Waals surface area contributed by atoms with E-state index in [0.29, 0.717) is 0 Å². The number of nitrogens with zero attached hydrogens (tertiary/aromatic N) is 2. The van der Waals surface area contributed by atoms with E-state index in [-0.39, 0.29) is 0 Å². The van der Waals surface area contributed by atoms with Crippen LogP contribution in [0.2, 0.25) is 19.6 Å². The molecular formula is C18H21N2Si+. The Balaban J connectivity index is 2.26. The lowest BCUT2D eigenvalue weighted by molar-refractivity contribution is -0.653. The molecule has 2 heterocycles. The molecule has 4 rings (SSSR count). The number of pyridine rings is 1. The number of hydrogen-bond donors (Lipinski definition) is 0. The molecule has 0 bridgehead atoms. The predicted octanol–water partition coefficient (Wildman–Crippen LogP) is 3.23. The zero-order valence-corrected chi connectivity index (χ0v) is 14.1. The normalized spacial score (nSPS) is 14.4. The van der Waals surface area contributed by atoms with E-state index in [9.17, 15) is 0 Å². The van der Waals surface area contributed by atoms with E-state index in [1.165, 1.54) is 32.7 Å². The van der Waals surface area contributed by atoms with Crippen molar-refractivity contribution in [2.45, 2.75) is 26.3 Å². The summed E-state index contributed by atoms with van der Waals surface area (Å²) in [5.41, 5.74) is 2.77. The Kier molecular flexibility index (Phi) is 2.49. The average molecular weight is 293 g/mol. The van der Waals surface area contributed by atoms with Crippen LogP contribution in [0, 0.1) is 0 Å². The number of benzene rings is 2. The molecule has 0 amide bonds. The Bertz CT molecular complexity index is 878. The quantitative estimate of drug-likeness (QED) is 0.379. The fourth-order valence-electron chi connectivity index (χ4n) is 3.57. The Hall–Kier alpha value is -1.87. The highest BCUT2D eigenvalue weighted by Crippen LogP contribution is 2.33. The van der Waals surface area contributed by atoms with Crippen LogP contribution >= 0.6 is 0 Å². The van der Waals surface area contributed by atoms with Crippen LogP contribution in [0.15, 0.2) is 42.5 Å². The van der Waals surface area contributed by atoms with Gasteiger partial charge in [-0.2, -0.15) is 4.57 Å². The molecule has 0 radical (unpaired) electrons. The summed E-state index contributed by atoms with van der Waals surface area (Å²) in [4.78, 5) is 2.37. The molecule has 1 aromatic heterocycles. The number of rotatable bonds is 1. The second-order valence-corrected chi connectivity index (χ2v) is 12.1. The maximum Gasteiger partial charge on any atom is 0.224 e. The maximum absolute atomic E-state index is 2.55. The summed E-state index contributed by atoms with van der Waals surface area (Å²) >= 11 is 0. The van der Waals surface area contributed by atoms with Gasteiger partial charge in [0.1, 0.15) is 0 Å². The van der Waals surface area contributed by atoms with Crippen molar-refractivity contribution in [1.82, 2.24) is 0 Å². The summed E-state index contributed by atoms with van der Waals surface area (Å²) in [6, 6.07) is 15.8. The molecule has 3 aromatic rings. The zero-order chi connectivity index (χ0) is 14.8. The van der Waals surface area contributed by atoms with Crippen molar-refractivity contribution in [3.05, 3.63) is 42.5 Å². The minimum atomic E-state index is -1.37. The summed E-state index contributed by atoms with van der Waals surface area (Å²) in [6.45, 7) is 8.24. The van der Waals surface area contributed by atoms with Gasteiger partial charge in [0, 0.05) is 12.4 Å². The van der Waals surface area contributed by atoms with E-state index in [4.69, 9.17) is 0 Å². The molecule has 2 nitrogen and oxygen atoms in total. The summed E-state index contributed by atoms with van der Waals surface area (Å²) in [5.74, 6) is 0. The highest BCUT2D eigenvalue weighted by atomic mass is 28.3. The Morgan fingerprint density at radius 1 is 0.952 bits per heavy atom. The standard InChI is InChI=1S/C18H21N2Si/c1-19-12-20-16(21(2,3)4)11-10-14-9-8-13-6-5-7-15(19)17(13)18(14)20/h5-11H,12H2,1-4H3/q+1. The van der Waals surface area contributed by atoms with Gasteiger partial charge in [-0.05, 0) is 29.7 Å². The Labute approximate surface area is 126 Å². The van der Waals surface area contributed by atoms with Gasteiger partial charge in [0.25, 0.3) is 0 Å². The number of aromatic nitrogens is 1. The second-order valence-electron chi connectivity index (χ2n) is 7.11. The minimum absolute atomic E-state index is 0.951. The average Bonchev–Trinajstić information content (AvgIpc) is 2.44. The first-order valence-corrected chi connectivity index (χ1v) is 11.1. The van der Waals surface area contributed by atoms with E-state index in [1.54, 1.807) is 0 Å². The molecule has 1 aliphatic heterocycles. The number of anilines is 1. The third kappa shape index (κ3) is 1.74. The van der Waals surface area contributed by atoms with E-state index >= 15 is 0 Å². The van der Waals surface area contributed by atoms with Crippen LogP contribution in [0.1, 0.15) is 0 Å². The molecule has 0 atom stereocenters. The van der Waals surface area contributed by atoms with Crippen molar-refractivity contribution in [2.24, 2.45) is 0 Å². The van der Waals surface area contributed by atoms with Crippen molar-refractivity contribution in [3.8, 4) is 0 Å². The fourth-order valence-corrected chi connectivity index (χ4v) is 5.15. The zero-order valence-electron chi connectivity index (χ0n) is 13.1. The highest BCUT2D eigenvalue weighted by Gasteiger charge is 2.33. The molecule has 0 saturated carbocycles. The first-order chi connectivity index (χ1) is 9.97. The van der Waals surface area contributed by atoms with E-state index < -0.39 is 8.07 Å². The van der Waals surface area contributed by atoms with Crippen LogP contribution in [0.3, 0.4) is 0 Å². The third-order valence-corrected chi connectivity index (χ3v) is 6.52. The Morgan fingerprint density at radius 3 is 2.43 bits per heavy atom. The molecule has 0 unspecified atom stereocenters. The predicted molar refractivity (Wildman–Crippen MR) is 93.0 cm³/mol. The lowest BCUT2D eigenvalue weighted by Crippen LogP contribution is -2.64. The van der Waals surface area contributed by atoms with Crippen LogP contribution in [-0.4, -0.2) is 15.1 Å². The summed E-state index contributed by atoms with van der Waals surface area (Å²) in [6.07, 6.45) is 0. The van der Waals surface area contributed by atoms with Crippen molar-refractivity contribution < 1.29 is 4.57 Å². The molecule has 2 aromatic carbocycles. The summed E-state index contributed by atoms with van der Waals surface area (Å²) < 4.78 is 2.55. The second kappa shape index (κ2) is 4.07. The molecular weight excluding hydrogens is 272 g/mol. The van der Waals surface area contributed by atoms with Crippen LogP contribution in [0.5, 0.6) is 0 Å². The van der Waals surface area contributed by atoms with Crippen molar-refractivity contribution in [1.29, 1.82) is 0 Å². The van der Waals surface area contributed by atoms with Crippen molar-refractivity contribution in [2.75, 3.05) is 11.9 Å². The van der Waals surface area contributed by atoms with Gasteiger partial charge >= 0.3 is 0 Å². The van der Waals surface area contributed by atoms with Crippen LogP contribution in [-0.2, 0) is 6.67 Å². The van der Waals surface area contributed by atoms with Crippen molar-refractivity contribution >= 4 is 40.8 Å². The van der Waals surface area contributed by atoms with E-state index in [2.05, 4.69) is 78.6 Å². The summed E-state index contributed by atoms with van der Waals surface area (Å²) in [5, 5.41) is 5.63. The molecule has 106 valence electrons. The Morgan fingerprint density at radius 2 is 1.67 bits per heavy atom. The lowest BCUT2D eigenvalue weighted by atomic mass is 10.0. The topological polar surface area (TPSA) is 7.12 Å². The van der Waals surface area contributed by atoms with Crippen LogP contribution in [0.4, 0.5) is 5.69 Å². The molecule has 0 saturated heterocycles. The molecule has 0 spiro atoms. The van der Waals surface area contributed by atoms with E-state index in [0.717, 1.165) is 6.67 Å². The first kappa shape index (κ1) is 12.8. The largest absolute Gasteiger partial charge is 0.319 e. The smallest absolute Gasteiger partial charge is 0.224 e. The molecule has 0 aliphatic carbocycles. The van der Waals surface area contributed by atoms with Crippen LogP contribution < -0.4 is 14.8 Å².